The van der Waals surface area contributed by atoms with Gasteiger partial charge in [-0.05, 0) is 29.3 Å². The fourth-order valence-corrected chi connectivity index (χ4v) is 3.87. The first-order valence-electron chi connectivity index (χ1n) is 8.76. The number of β-amino-alcohol motifs (C(OH)–C–C–N with tert-alkyl or cyclic N) is 1. The zero-order chi connectivity index (χ0) is 19.8. The van der Waals surface area contributed by atoms with Crippen LogP contribution >= 0.6 is 0 Å². The van der Waals surface area contributed by atoms with Crippen molar-refractivity contribution in [3.8, 4) is 5.75 Å². The monoisotopic (exact) mass is 382 g/mol. The van der Waals surface area contributed by atoms with Crippen molar-refractivity contribution in [2.24, 2.45) is 0 Å². The largest absolute Gasteiger partial charge is 0.497 e. The van der Waals surface area contributed by atoms with Crippen molar-refractivity contribution in [1.82, 2.24) is 0 Å². The highest BCUT2D eigenvalue weighted by Crippen LogP contribution is 2.48. The molecule has 0 fully saturated rings. The van der Waals surface area contributed by atoms with Crippen LogP contribution in [0.4, 0.5) is 11.4 Å². The lowest BCUT2D eigenvalue weighted by atomic mass is 9.80. The molecular weight excluding hydrogens is 364 g/mol. The number of hydrogen-bond acceptors (Lipinski definition) is 7. The number of hydrogen-bond donors (Lipinski definition) is 1. The topological polar surface area (TPSA) is 102 Å². The molecule has 8 heteroatoms. The van der Waals surface area contributed by atoms with Crippen molar-refractivity contribution in [3.05, 3.63) is 75.0 Å². The molecule has 0 aromatic heterocycles. The number of rotatable bonds is 5. The minimum atomic E-state index is -0.523. The van der Waals surface area contributed by atoms with Gasteiger partial charge in [-0.25, -0.2) is 4.79 Å². The first-order chi connectivity index (χ1) is 13.5. The average molecular weight is 382 g/mol. The van der Waals surface area contributed by atoms with Gasteiger partial charge in [0, 0.05) is 30.3 Å². The van der Waals surface area contributed by atoms with Crippen LogP contribution in [0.15, 0.2) is 53.7 Å². The number of aliphatic hydroxyl groups is 1. The lowest BCUT2D eigenvalue weighted by molar-refractivity contribution is -0.384. The molecule has 1 unspecified atom stereocenters. The summed E-state index contributed by atoms with van der Waals surface area (Å²) in [7, 11) is 1.55. The Morgan fingerprint density at radius 3 is 2.86 bits per heavy atom. The fraction of sp³-hybridized carbons (Fsp3) is 0.250. The lowest BCUT2D eigenvalue weighted by Crippen LogP contribution is -2.33. The molecule has 2 aliphatic rings. The SMILES string of the molecule is COc1ccc2c(c1)C(c1cccc([N+](=O)[O-])c1)C1=C(COC1=O)N2CCO. The van der Waals surface area contributed by atoms with Crippen LogP contribution in [0.3, 0.4) is 0 Å². The Morgan fingerprint density at radius 2 is 2.14 bits per heavy atom. The van der Waals surface area contributed by atoms with Crippen LogP contribution in [0, 0.1) is 10.1 Å². The van der Waals surface area contributed by atoms with Crippen molar-refractivity contribution in [3.63, 3.8) is 0 Å². The van der Waals surface area contributed by atoms with Gasteiger partial charge in [-0.2, -0.15) is 0 Å². The molecule has 2 aliphatic heterocycles. The molecule has 2 heterocycles. The van der Waals surface area contributed by atoms with Crippen molar-refractivity contribution in [2.75, 3.05) is 31.8 Å². The van der Waals surface area contributed by atoms with Gasteiger partial charge in [-0.1, -0.05) is 12.1 Å². The van der Waals surface area contributed by atoms with E-state index in [4.69, 9.17) is 9.47 Å². The molecule has 0 amide bonds. The van der Waals surface area contributed by atoms with Gasteiger partial charge in [0.2, 0.25) is 0 Å². The number of nitro benzene ring substituents is 1. The summed E-state index contributed by atoms with van der Waals surface area (Å²) in [6, 6.07) is 11.7. The maximum Gasteiger partial charge on any atom is 0.337 e. The molecule has 0 saturated carbocycles. The molecule has 0 bridgehead atoms. The number of anilines is 1. The Balaban J connectivity index is 1.97. The molecular formula is C20H18N2O6. The van der Waals surface area contributed by atoms with Gasteiger partial charge in [-0.3, -0.25) is 10.1 Å². The molecule has 0 spiro atoms. The molecule has 1 atom stereocenters. The maximum absolute atomic E-state index is 12.6. The summed E-state index contributed by atoms with van der Waals surface area (Å²) < 4.78 is 10.6. The number of nitro groups is 1. The quantitative estimate of drug-likeness (QED) is 0.481. The van der Waals surface area contributed by atoms with Crippen molar-refractivity contribution >= 4 is 17.3 Å². The Hall–Kier alpha value is -3.39. The molecule has 8 nitrogen and oxygen atoms in total. The zero-order valence-electron chi connectivity index (χ0n) is 15.1. The van der Waals surface area contributed by atoms with Gasteiger partial charge >= 0.3 is 5.97 Å². The second-order valence-corrected chi connectivity index (χ2v) is 6.52. The Labute approximate surface area is 160 Å². The van der Waals surface area contributed by atoms with Crippen LogP contribution in [0.2, 0.25) is 0 Å². The van der Waals surface area contributed by atoms with Gasteiger partial charge in [0.15, 0.2) is 0 Å². The average Bonchev–Trinajstić information content (AvgIpc) is 3.09. The van der Waals surface area contributed by atoms with E-state index < -0.39 is 16.8 Å². The van der Waals surface area contributed by atoms with E-state index >= 15 is 0 Å². The van der Waals surface area contributed by atoms with Gasteiger partial charge in [-0.15, -0.1) is 0 Å². The number of cyclic esters (lactones) is 1. The summed E-state index contributed by atoms with van der Waals surface area (Å²) in [5.74, 6) is -0.374. The highest BCUT2D eigenvalue weighted by atomic mass is 16.6. The minimum Gasteiger partial charge on any atom is -0.497 e. The molecule has 4 rings (SSSR count). The summed E-state index contributed by atoms with van der Waals surface area (Å²) in [6.07, 6.45) is 0. The van der Waals surface area contributed by atoms with Gasteiger partial charge < -0.3 is 19.5 Å². The first-order valence-corrected chi connectivity index (χ1v) is 8.76. The standard InChI is InChI=1S/C20H18N2O6/c1-27-14-5-6-16-15(10-14)18(12-3-2-4-13(9-12)22(25)26)19-17(11-28-20(19)24)21(16)7-8-23/h2-6,9-10,18,23H,7-8,11H2,1H3. The predicted molar refractivity (Wildman–Crippen MR) is 100 cm³/mol. The molecule has 2 aromatic rings. The maximum atomic E-state index is 12.6. The number of esters is 1. The van der Waals surface area contributed by atoms with Crippen LogP contribution in [0.1, 0.15) is 17.0 Å². The predicted octanol–water partition coefficient (Wildman–Crippen LogP) is 2.36. The van der Waals surface area contributed by atoms with Crippen LogP contribution < -0.4 is 9.64 Å². The molecule has 0 aliphatic carbocycles. The smallest absolute Gasteiger partial charge is 0.337 e. The van der Waals surface area contributed by atoms with Crippen LogP contribution in [0.5, 0.6) is 5.75 Å². The van der Waals surface area contributed by atoms with E-state index in [0.29, 0.717) is 29.1 Å². The molecule has 1 N–H and O–H groups in total. The third-order valence-electron chi connectivity index (χ3n) is 5.06. The number of aliphatic hydroxyl groups excluding tert-OH is 1. The first kappa shape index (κ1) is 18.0. The summed E-state index contributed by atoms with van der Waals surface area (Å²) in [4.78, 5) is 25.3. The fourth-order valence-electron chi connectivity index (χ4n) is 3.87. The summed E-state index contributed by atoms with van der Waals surface area (Å²) >= 11 is 0. The number of methoxy groups -OCH3 is 1. The highest BCUT2D eigenvalue weighted by Gasteiger charge is 2.42. The number of carbonyl (C=O) groups excluding carboxylic acids is 1. The Kier molecular flexibility index (Phi) is 4.48. The number of nitrogens with zero attached hydrogens (tertiary/aromatic N) is 2. The minimum absolute atomic E-state index is 0.0479. The lowest BCUT2D eigenvalue weighted by Gasteiger charge is -2.35. The number of fused-ring (bicyclic) bond motifs is 1. The molecule has 2 aromatic carbocycles. The molecule has 0 saturated heterocycles. The van der Waals surface area contributed by atoms with Crippen LogP contribution in [0.25, 0.3) is 0 Å². The van der Waals surface area contributed by atoms with Gasteiger partial charge in [0.05, 0.1) is 29.9 Å². The zero-order valence-corrected chi connectivity index (χ0v) is 15.1. The third kappa shape index (κ3) is 2.78. The van der Waals surface area contributed by atoms with E-state index in [1.54, 1.807) is 25.3 Å². The van der Waals surface area contributed by atoms with Crippen molar-refractivity contribution in [2.45, 2.75) is 5.92 Å². The number of ether oxygens (including phenoxy) is 2. The number of benzene rings is 2. The Morgan fingerprint density at radius 1 is 1.32 bits per heavy atom. The normalized spacial score (nSPS) is 17.9. The summed E-state index contributed by atoms with van der Waals surface area (Å²) in [5.41, 5.74) is 3.27. The third-order valence-corrected chi connectivity index (χ3v) is 5.06. The van der Waals surface area contributed by atoms with E-state index in [2.05, 4.69) is 0 Å². The number of carbonyl (C=O) groups is 1. The van der Waals surface area contributed by atoms with Crippen molar-refractivity contribution < 1.29 is 24.3 Å². The van der Waals surface area contributed by atoms with Crippen LogP contribution in [-0.4, -0.2) is 42.9 Å². The van der Waals surface area contributed by atoms with Gasteiger partial charge in [0.1, 0.15) is 12.4 Å². The van der Waals surface area contributed by atoms with Gasteiger partial charge in [0.25, 0.3) is 5.69 Å². The van der Waals surface area contributed by atoms with E-state index in [9.17, 15) is 20.0 Å². The molecule has 144 valence electrons. The van der Waals surface area contributed by atoms with Crippen LogP contribution in [-0.2, 0) is 9.53 Å². The van der Waals surface area contributed by atoms with E-state index in [-0.39, 0.29) is 18.9 Å². The van der Waals surface area contributed by atoms with E-state index in [1.807, 2.05) is 17.0 Å². The second kappa shape index (κ2) is 6.97. The highest BCUT2D eigenvalue weighted by molar-refractivity contribution is 5.97. The molecule has 28 heavy (non-hydrogen) atoms. The summed E-state index contributed by atoms with van der Waals surface area (Å²) in [5, 5.41) is 20.8. The van der Waals surface area contributed by atoms with Crippen molar-refractivity contribution in [1.29, 1.82) is 0 Å². The molecule has 0 radical (unpaired) electrons. The summed E-state index contributed by atoms with van der Waals surface area (Å²) in [6.45, 7) is 0.305. The second-order valence-electron chi connectivity index (χ2n) is 6.52. The van der Waals surface area contributed by atoms with E-state index in [0.717, 1.165) is 11.3 Å². The number of non-ortho nitro benzene ring substituents is 1. The Bertz CT molecular complexity index is 1000. The van der Waals surface area contributed by atoms with E-state index in [1.165, 1.54) is 12.1 Å².